The second-order valence-electron chi connectivity index (χ2n) is 9.01. The van der Waals surface area contributed by atoms with Gasteiger partial charge in [0.1, 0.15) is 11.1 Å². The molecule has 1 spiro atoms. The van der Waals surface area contributed by atoms with Gasteiger partial charge < -0.3 is 4.74 Å². The van der Waals surface area contributed by atoms with Crippen LogP contribution in [0, 0.1) is 0 Å². The number of benzene rings is 2. The maximum atomic E-state index is 13.3. The number of carbonyl (C=O) groups excluding carboxylic acids is 1. The number of aromatic nitrogens is 1. The minimum Gasteiger partial charge on any atom is -0.440 e. The molecule has 1 unspecified atom stereocenters. The van der Waals surface area contributed by atoms with E-state index in [0.29, 0.717) is 6.54 Å². The van der Waals surface area contributed by atoms with Gasteiger partial charge in [0.25, 0.3) is 0 Å². The van der Waals surface area contributed by atoms with E-state index in [1.165, 1.54) is 5.56 Å². The maximum absolute atomic E-state index is 13.3. The fraction of sp³-hybridized carbons (Fsp3) is 0.333. The van der Waals surface area contributed by atoms with Crippen molar-refractivity contribution in [1.29, 1.82) is 0 Å². The van der Waals surface area contributed by atoms with Gasteiger partial charge in [0.2, 0.25) is 0 Å². The topological polar surface area (TPSA) is 45.7 Å². The van der Waals surface area contributed by atoms with E-state index in [9.17, 15) is 4.79 Å². The molecule has 0 bridgehead atoms. The summed E-state index contributed by atoms with van der Waals surface area (Å²) in [5.74, 6) is 0. The van der Waals surface area contributed by atoms with Gasteiger partial charge in [-0.15, -0.1) is 0 Å². The summed E-state index contributed by atoms with van der Waals surface area (Å²) in [6.07, 6.45) is 4.95. The fourth-order valence-corrected chi connectivity index (χ4v) is 5.33. The zero-order chi connectivity index (χ0) is 22.0. The lowest BCUT2D eigenvalue weighted by Crippen LogP contribution is -2.58. The number of hydrogen-bond acceptors (Lipinski definition) is 4. The molecule has 2 aliphatic heterocycles. The fourth-order valence-electron chi connectivity index (χ4n) is 5.33. The van der Waals surface area contributed by atoms with Gasteiger partial charge in [-0.3, -0.25) is 14.8 Å². The summed E-state index contributed by atoms with van der Waals surface area (Å²) >= 11 is 0. The average Bonchev–Trinajstić information content (AvgIpc) is 3.04. The Kier molecular flexibility index (Phi) is 5.43. The molecular weight excluding hydrogens is 398 g/mol. The number of amides is 1. The molecule has 2 aliphatic rings. The number of rotatable bonds is 5. The van der Waals surface area contributed by atoms with Crippen LogP contribution in [0.15, 0.2) is 85.2 Å². The van der Waals surface area contributed by atoms with Crippen molar-refractivity contribution in [3.05, 3.63) is 102 Å². The van der Waals surface area contributed by atoms with E-state index in [2.05, 4.69) is 59.3 Å². The van der Waals surface area contributed by atoms with E-state index in [1.54, 1.807) is 6.20 Å². The molecule has 5 rings (SSSR count). The van der Waals surface area contributed by atoms with Gasteiger partial charge in [-0.05, 0) is 29.7 Å². The predicted molar refractivity (Wildman–Crippen MR) is 124 cm³/mol. The van der Waals surface area contributed by atoms with Crippen molar-refractivity contribution in [3.63, 3.8) is 0 Å². The third-order valence-corrected chi connectivity index (χ3v) is 7.24. The number of nitrogens with zero attached hydrogens (tertiary/aromatic N) is 3. The summed E-state index contributed by atoms with van der Waals surface area (Å²) in [5, 5.41) is 0. The normalized spacial score (nSPS) is 22.8. The quantitative estimate of drug-likeness (QED) is 0.576. The van der Waals surface area contributed by atoms with Crippen molar-refractivity contribution in [3.8, 4) is 0 Å². The molecule has 1 amide bonds. The molecule has 164 valence electrons. The predicted octanol–water partition coefficient (Wildman–Crippen LogP) is 4.98. The van der Waals surface area contributed by atoms with Crippen LogP contribution >= 0.6 is 0 Å². The monoisotopic (exact) mass is 427 g/mol. The van der Waals surface area contributed by atoms with Gasteiger partial charge in [0.05, 0.1) is 6.54 Å². The molecule has 0 radical (unpaired) electrons. The molecule has 0 aliphatic carbocycles. The van der Waals surface area contributed by atoms with Crippen LogP contribution < -0.4 is 0 Å². The minimum absolute atomic E-state index is 0.239. The highest BCUT2D eigenvalue weighted by atomic mass is 16.6. The third kappa shape index (κ3) is 3.56. The molecule has 32 heavy (non-hydrogen) atoms. The van der Waals surface area contributed by atoms with Crippen molar-refractivity contribution in [2.75, 3.05) is 13.1 Å². The first kappa shape index (κ1) is 20.7. The van der Waals surface area contributed by atoms with Crippen molar-refractivity contribution < 1.29 is 9.53 Å². The number of hydrogen-bond donors (Lipinski definition) is 0. The Labute approximate surface area is 189 Å². The Balaban J connectivity index is 1.44. The number of piperidine rings is 1. The standard InChI is InChI=1S/C27H29N3O2/c1-26(24-12-6-3-7-13-24)27(32-25(31)30(26)21-23-11-8-16-28-19-23)14-17-29(18-15-27)20-22-9-4-2-5-10-22/h2-13,16,19H,14-15,17-18,20-21H2,1H3. The van der Waals surface area contributed by atoms with Crippen molar-refractivity contribution >= 4 is 6.09 Å². The summed E-state index contributed by atoms with van der Waals surface area (Å²) in [7, 11) is 0. The van der Waals surface area contributed by atoms with Gasteiger partial charge in [0.15, 0.2) is 0 Å². The number of pyridine rings is 1. The smallest absolute Gasteiger partial charge is 0.411 e. The van der Waals surface area contributed by atoms with Crippen LogP contribution in [0.3, 0.4) is 0 Å². The highest BCUT2D eigenvalue weighted by Gasteiger charge is 2.63. The van der Waals surface area contributed by atoms with Crippen molar-refractivity contribution in [2.45, 2.75) is 44.0 Å². The Morgan fingerprint density at radius 3 is 2.19 bits per heavy atom. The van der Waals surface area contributed by atoms with Crippen LogP contribution in [0.1, 0.15) is 36.5 Å². The summed E-state index contributed by atoms with van der Waals surface area (Å²) in [6, 6.07) is 24.8. The van der Waals surface area contributed by atoms with Crippen LogP contribution in [0.4, 0.5) is 4.79 Å². The molecule has 0 saturated carbocycles. The van der Waals surface area contributed by atoms with Crippen LogP contribution in [-0.4, -0.2) is 39.6 Å². The zero-order valence-electron chi connectivity index (χ0n) is 18.5. The van der Waals surface area contributed by atoms with E-state index in [0.717, 1.165) is 43.6 Å². The number of ether oxygens (including phenoxy) is 1. The van der Waals surface area contributed by atoms with Crippen LogP contribution in [-0.2, 0) is 23.4 Å². The van der Waals surface area contributed by atoms with Gasteiger partial charge >= 0.3 is 6.09 Å². The highest BCUT2D eigenvalue weighted by Crippen LogP contribution is 2.52. The van der Waals surface area contributed by atoms with Gasteiger partial charge in [0, 0.05) is 44.9 Å². The Morgan fingerprint density at radius 2 is 1.53 bits per heavy atom. The average molecular weight is 428 g/mol. The largest absolute Gasteiger partial charge is 0.440 e. The zero-order valence-corrected chi connectivity index (χ0v) is 18.5. The summed E-state index contributed by atoms with van der Waals surface area (Å²) < 4.78 is 6.28. The maximum Gasteiger partial charge on any atom is 0.411 e. The van der Waals surface area contributed by atoms with E-state index in [1.807, 2.05) is 41.4 Å². The molecule has 5 heteroatoms. The lowest BCUT2D eigenvalue weighted by Gasteiger charge is -2.48. The molecule has 2 fully saturated rings. The molecule has 3 heterocycles. The Bertz CT molecular complexity index is 1050. The van der Waals surface area contributed by atoms with Gasteiger partial charge in [-0.1, -0.05) is 66.7 Å². The van der Waals surface area contributed by atoms with Crippen LogP contribution in [0.5, 0.6) is 0 Å². The van der Waals surface area contributed by atoms with Crippen molar-refractivity contribution in [1.82, 2.24) is 14.8 Å². The highest BCUT2D eigenvalue weighted by molar-refractivity contribution is 5.73. The second-order valence-corrected chi connectivity index (χ2v) is 9.01. The molecule has 3 aromatic rings. The van der Waals surface area contributed by atoms with Crippen LogP contribution in [0.25, 0.3) is 0 Å². The lowest BCUT2D eigenvalue weighted by molar-refractivity contribution is -0.0614. The first-order valence-electron chi connectivity index (χ1n) is 11.3. The SMILES string of the molecule is CC1(c2ccccc2)N(Cc2cccnc2)C(=O)OC12CCN(Cc1ccccc1)CC2. The first-order chi connectivity index (χ1) is 15.6. The summed E-state index contributed by atoms with van der Waals surface area (Å²) in [5.41, 5.74) is 2.33. The van der Waals surface area contributed by atoms with E-state index in [-0.39, 0.29) is 6.09 Å². The lowest BCUT2D eigenvalue weighted by atomic mass is 9.70. The van der Waals surface area contributed by atoms with Crippen LogP contribution in [0.2, 0.25) is 0 Å². The van der Waals surface area contributed by atoms with Gasteiger partial charge in [-0.25, -0.2) is 4.79 Å². The van der Waals surface area contributed by atoms with Crippen molar-refractivity contribution in [2.24, 2.45) is 0 Å². The molecular formula is C27H29N3O2. The van der Waals surface area contributed by atoms with E-state index in [4.69, 9.17) is 4.74 Å². The second kappa shape index (κ2) is 8.40. The molecule has 5 nitrogen and oxygen atoms in total. The summed E-state index contributed by atoms with van der Waals surface area (Å²) in [4.78, 5) is 21.9. The first-order valence-corrected chi connectivity index (χ1v) is 11.3. The van der Waals surface area contributed by atoms with E-state index >= 15 is 0 Å². The number of likely N-dealkylation sites (tertiary alicyclic amines) is 1. The van der Waals surface area contributed by atoms with E-state index < -0.39 is 11.1 Å². The minimum atomic E-state index is -0.556. The number of carbonyl (C=O) groups is 1. The van der Waals surface area contributed by atoms with Gasteiger partial charge in [-0.2, -0.15) is 0 Å². The Hall–Kier alpha value is -3.18. The molecule has 2 saturated heterocycles. The summed E-state index contributed by atoms with van der Waals surface area (Å²) in [6.45, 7) is 5.37. The third-order valence-electron chi connectivity index (χ3n) is 7.24. The Morgan fingerprint density at radius 1 is 0.875 bits per heavy atom. The molecule has 1 atom stereocenters. The molecule has 1 aromatic heterocycles. The molecule has 0 N–H and O–H groups in total. The molecule has 2 aromatic carbocycles.